The molecule has 0 atom stereocenters. The van der Waals surface area contributed by atoms with Crippen LogP contribution < -0.4 is 0 Å². The van der Waals surface area contributed by atoms with Gasteiger partial charge < -0.3 is 8.83 Å². The molecule has 8 aromatic carbocycles. The molecule has 0 aliphatic rings. The minimum Gasteiger partial charge on any atom is -0.456 e. The third kappa shape index (κ3) is 3.71. The number of hydrogen-bond acceptors (Lipinski definition) is 2. The van der Waals surface area contributed by atoms with Crippen LogP contribution in [-0.4, -0.2) is 0 Å². The number of hydrogen-bond donors (Lipinski definition) is 0. The van der Waals surface area contributed by atoms with E-state index >= 15 is 0 Å². The van der Waals surface area contributed by atoms with Gasteiger partial charge in [-0.25, -0.2) is 0 Å². The maximum Gasteiger partial charge on any atom is 0.139 e. The van der Waals surface area contributed by atoms with E-state index < -0.39 is 24.2 Å². The molecule has 2 heteroatoms. The van der Waals surface area contributed by atoms with E-state index in [1.165, 1.54) is 0 Å². The van der Waals surface area contributed by atoms with E-state index in [4.69, 9.17) is 17.1 Å². The quantitative estimate of drug-likeness (QED) is 0.190. The van der Waals surface area contributed by atoms with E-state index in [1.807, 2.05) is 54.6 Å². The zero-order valence-electron chi connectivity index (χ0n) is 32.2. The number of fused-ring (bicyclic) bond motifs is 7. The largest absolute Gasteiger partial charge is 0.456 e. The first-order valence-electron chi connectivity index (χ1n) is 19.0. The van der Waals surface area contributed by atoms with Gasteiger partial charge in [-0.3, -0.25) is 0 Å². The van der Waals surface area contributed by atoms with Gasteiger partial charge in [0.05, 0.1) is 11.0 Å². The van der Waals surface area contributed by atoms with Gasteiger partial charge in [0.1, 0.15) is 22.5 Å². The molecule has 0 fully saturated rings. The summed E-state index contributed by atoms with van der Waals surface area (Å²) in [7, 11) is 0. The van der Waals surface area contributed by atoms with E-state index in [2.05, 4.69) is 18.2 Å². The molecule has 2 heterocycles. The molecule has 0 radical (unpaired) electrons. The molecule has 0 saturated heterocycles. The molecule has 0 bridgehead atoms. The molecule has 0 saturated carbocycles. The van der Waals surface area contributed by atoms with Crippen molar-refractivity contribution in [2.45, 2.75) is 0 Å². The first kappa shape index (κ1) is 18.6. The lowest BCUT2D eigenvalue weighted by Crippen LogP contribution is -1.90. The Labute approximate surface area is 276 Å². The topological polar surface area (TPSA) is 26.3 Å². The van der Waals surface area contributed by atoms with Crippen molar-refractivity contribution in [2.75, 3.05) is 0 Å². The summed E-state index contributed by atoms with van der Waals surface area (Å²) in [6.07, 6.45) is 0. The van der Waals surface area contributed by atoms with Gasteiger partial charge in [0, 0.05) is 27.8 Å². The third-order valence-corrected chi connectivity index (χ3v) is 8.89. The minimum atomic E-state index is -0.438. The van der Waals surface area contributed by atoms with Gasteiger partial charge in [-0.1, -0.05) is 127 Å². The fraction of sp³-hybridized carbons (Fsp3) is 0. The Morgan fingerprint density at radius 2 is 1.04 bits per heavy atom. The maximum absolute atomic E-state index is 9.24. The molecular weight excluding hydrogens is 560 g/mol. The van der Waals surface area contributed by atoms with Crippen LogP contribution in [0.5, 0.6) is 0 Å². The highest BCUT2D eigenvalue weighted by Crippen LogP contribution is 2.45. The highest BCUT2D eigenvalue weighted by Gasteiger charge is 2.19. The van der Waals surface area contributed by atoms with Crippen molar-refractivity contribution >= 4 is 65.2 Å². The predicted molar refractivity (Wildman–Crippen MR) is 192 cm³/mol. The molecule has 10 aromatic rings. The van der Waals surface area contributed by atoms with Crippen LogP contribution in [0.4, 0.5) is 0 Å². The SMILES string of the molecule is [2H]c1c([2H])c([2H])c2c(-c3ccc4oc5cc6oc(-c7cccc8ccccc78)cc6cc5c4c3)c3c([2H])c([2H])c([2H])c([2H])c3c(-c3ccccc3)c2c1[2H]. The lowest BCUT2D eigenvalue weighted by Gasteiger charge is -2.17. The standard InChI is InChI=1S/C44H26O2/c1-2-12-28(13-3-1)43-33-16-6-8-18-35(33)44(36-19-9-7-17-34(36)43)29-21-22-39-37(23-29)38-24-30-25-41(46-40(30)26-42(38)45-39)32-20-10-14-27-11-4-5-15-31(27)32/h1-26H/i6D,7D,8D,9D,16D,17D,18D,19D. The number of benzene rings is 8. The van der Waals surface area contributed by atoms with Crippen molar-refractivity contribution in [3.63, 3.8) is 0 Å². The van der Waals surface area contributed by atoms with Crippen LogP contribution in [0.25, 0.3) is 98.8 Å². The normalized spacial score (nSPS) is 14.3. The highest BCUT2D eigenvalue weighted by molar-refractivity contribution is 6.22. The van der Waals surface area contributed by atoms with Gasteiger partial charge in [-0.05, 0) is 78.8 Å². The Hall–Kier alpha value is -6.12. The Bertz CT molecular complexity index is 3170. The average Bonchev–Trinajstić information content (AvgIpc) is 3.78. The lowest BCUT2D eigenvalue weighted by atomic mass is 9.86. The Balaban J connectivity index is 1.30. The minimum absolute atomic E-state index is 0.168. The second-order valence-electron chi connectivity index (χ2n) is 11.5. The molecule has 46 heavy (non-hydrogen) atoms. The molecule has 0 aliphatic carbocycles. The first-order chi connectivity index (χ1) is 26.1. The third-order valence-electron chi connectivity index (χ3n) is 8.89. The van der Waals surface area contributed by atoms with E-state index in [-0.39, 0.29) is 51.3 Å². The summed E-state index contributed by atoms with van der Waals surface area (Å²) in [6, 6.07) is 31.6. The van der Waals surface area contributed by atoms with Crippen LogP contribution in [0.2, 0.25) is 0 Å². The summed E-state index contributed by atoms with van der Waals surface area (Å²) in [5.41, 5.74) is 4.49. The van der Waals surface area contributed by atoms with Crippen molar-refractivity contribution in [2.24, 2.45) is 0 Å². The van der Waals surface area contributed by atoms with Crippen LogP contribution in [0, 0.1) is 0 Å². The van der Waals surface area contributed by atoms with Gasteiger partial charge in [-0.2, -0.15) is 0 Å². The van der Waals surface area contributed by atoms with Gasteiger partial charge in [0.25, 0.3) is 0 Å². The van der Waals surface area contributed by atoms with Crippen molar-refractivity contribution in [1.82, 2.24) is 0 Å². The zero-order valence-corrected chi connectivity index (χ0v) is 24.2. The second-order valence-corrected chi connectivity index (χ2v) is 11.5. The summed E-state index contributed by atoms with van der Waals surface area (Å²) in [6.45, 7) is 0. The second kappa shape index (κ2) is 9.69. The van der Waals surface area contributed by atoms with Gasteiger partial charge in [0.2, 0.25) is 0 Å². The van der Waals surface area contributed by atoms with Crippen LogP contribution in [0.3, 0.4) is 0 Å². The number of furan rings is 2. The molecule has 10 rings (SSSR count). The summed E-state index contributed by atoms with van der Waals surface area (Å²) in [5, 5.41) is 5.26. The molecular formula is C44H26O2. The first-order valence-corrected chi connectivity index (χ1v) is 15.0. The van der Waals surface area contributed by atoms with Crippen LogP contribution in [-0.2, 0) is 0 Å². The van der Waals surface area contributed by atoms with E-state index in [0.29, 0.717) is 33.4 Å². The van der Waals surface area contributed by atoms with Crippen molar-refractivity contribution in [3.8, 4) is 33.6 Å². The van der Waals surface area contributed by atoms with Crippen molar-refractivity contribution < 1.29 is 19.8 Å². The molecule has 0 spiro atoms. The average molecular weight is 595 g/mol. The van der Waals surface area contributed by atoms with Crippen LogP contribution >= 0.6 is 0 Å². The molecule has 0 unspecified atom stereocenters. The van der Waals surface area contributed by atoms with Crippen LogP contribution in [0.1, 0.15) is 11.0 Å². The molecule has 2 aromatic heterocycles. The molecule has 0 N–H and O–H groups in total. The van der Waals surface area contributed by atoms with Crippen molar-refractivity contribution in [1.29, 1.82) is 0 Å². The van der Waals surface area contributed by atoms with Gasteiger partial charge in [0.15, 0.2) is 0 Å². The van der Waals surface area contributed by atoms with E-state index in [1.54, 1.807) is 36.4 Å². The summed E-state index contributed by atoms with van der Waals surface area (Å²) >= 11 is 0. The molecule has 2 nitrogen and oxygen atoms in total. The van der Waals surface area contributed by atoms with E-state index in [0.717, 1.165) is 38.3 Å². The summed E-state index contributed by atoms with van der Waals surface area (Å²) < 4.78 is 84.3. The summed E-state index contributed by atoms with van der Waals surface area (Å²) in [5.74, 6) is 0.721. The molecule has 214 valence electrons. The smallest absolute Gasteiger partial charge is 0.139 e. The lowest BCUT2D eigenvalue weighted by molar-refractivity contribution is 0.629. The fourth-order valence-electron chi connectivity index (χ4n) is 6.85. The molecule has 0 amide bonds. The van der Waals surface area contributed by atoms with Crippen molar-refractivity contribution in [3.05, 3.63) is 158 Å². The molecule has 0 aliphatic heterocycles. The van der Waals surface area contributed by atoms with Crippen LogP contribution in [0.15, 0.2) is 166 Å². The monoisotopic (exact) mass is 594 g/mol. The predicted octanol–water partition coefficient (Wildman–Crippen LogP) is 12.8. The van der Waals surface area contributed by atoms with E-state index in [9.17, 15) is 2.74 Å². The Morgan fingerprint density at radius 1 is 0.391 bits per heavy atom. The maximum atomic E-state index is 9.24. The van der Waals surface area contributed by atoms with Gasteiger partial charge >= 0.3 is 0 Å². The summed E-state index contributed by atoms with van der Waals surface area (Å²) in [4.78, 5) is 0. The van der Waals surface area contributed by atoms with Gasteiger partial charge in [-0.15, -0.1) is 0 Å². The number of rotatable bonds is 3. The zero-order chi connectivity index (χ0) is 37.2. The highest BCUT2D eigenvalue weighted by atomic mass is 16.3. The Kier molecular flexibility index (Phi) is 3.92. The fourth-order valence-corrected chi connectivity index (χ4v) is 6.85. The Morgan fingerprint density at radius 3 is 1.80 bits per heavy atom.